The SMILES string of the molecule is c1nc2nncn2s1. The van der Waals surface area contributed by atoms with E-state index in [0.29, 0.717) is 5.78 Å². The lowest BCUT2D eigenvalue weighted by molar-refractivity contribution is 1.10. The third kappa shape index (κ3) is 0.362. The predicted molar refractivity (Wildman–Crippen MR) is 28.7 cm³/mol. The van der Waals surface area contributed by atoms with Crippen molar-refractivity contribution in [2.45, 2.75) is 0 Å². The molecular formula is C3H2N4S. The van der Waals surface area contributed by atoms with Crippen molar-refractivity contribution < 1.29 is 0 Å². The quantitative estimate of drug-likeness (QED) is 0.506. The topological polar surface area (TPSA) is 43.1 Å². The molecule has 0 atom stereocenters. The minimum Gasteiger partial charge on any atom is -0.218 e. The minimum absolute atomic E-state index is 0.676. The Hall–Kier alpha value is -0.970. The molecule has 0 spiro atoms. The van der Waals surface area contributed by atoms with Crippen LogP contribution in [0, 0.1) is 0 Å². The predicted octanol–water partition coefficient (Wildman–Crippen LogP) is 0.186. The molecule has 40 valence electrons. The first-order valence-electron chi connectivity index (χ1n) is 2.06. The fraction of sp³-hybridized carbons (Fsp3) is 0. The van der Waals surface area contributed by atoms with Crippen LogP contribution in [-0.2, 0) is 0 Å². The van der Waals surface area contributed by atoms with E-state index in [0.717, 1.165) is 0 Å². The van der Waals surface area contributed by atoms with E-state index in [2.05, 4.69) is 15.2 Å². The second-order valence-electron chi connectivity index (χ2n) is 1.30. The van der Waals surface area contributed by atoms with Crippen LogP contribution in [0.25, 0.3) is 5.78 Å². The average Bonchev–Trinajstić information content (AvgIpc) is 2.15. The minimum atomic E-state index is 0.676. The van der Waals surface area contributed by atoms with Gasteiger partial charge in [-0.25, -0.2) is 8.77 Å². The summed E-state index contributed by atoms with van der Waals surface area (Å²) in [7, 11) is 0. The zero-order valence-electron chi connectivity index (χ0n) is 3.85. The lowest BCUT2D eigenvalue weighted by Gasteiger charge is -1.66. The van der Waals surface area contributed by atoms with E-state index >= 15 is 0 Å². The number of hydrogen-bond acceptors (Lipinski definition) is 4. The standard InChI is InChI=1S/C3H2N4S/c1-5-6-3-4-2-8-7(1)3/h1-2H. The molecule has 8 heavy (non-hydrogen) atoms. The van der Waals surface area contributed by atoms with Crippen molar-refractivity contribution in [3.05, 3.63) is 11.8 Å². The Labute approximate surface area is 49.0 Å². The lowest BCUT2D eigenvalue weighted by Crippen LogP contribution is -1.68. The van der Waals surface area contributed by atoms with Gasteiger partial charge in [0.1, 0.15) is 11.8 Å². The smallest absolute Gasteiger partial charge is 0.218 e. The van der Waals surface area contributed by atoms with Crippen molar-refractivity contribution in [3.63, 3.8) is 0 Å². The zero-order chi connectivity index (χ0) is 5.40. The van der Waals surface area contributed by atoms with Crippen LogP contribution in [0.3, 0.4) is 0 Å². The molecule has 0 saturated heterocycles. The first-order chi connectivity index (χ1) is 3.97. The van der Waals surface area contributed by atoms with Crippen LogP contribution in [0.15, 0.2) is 11.8 Å². The highest BCUT2D eigenvalue weighted by molar-refractivity contribution is 7.04. The fourth-order valence-corrected chi connectivity index (χ4v) is 1.02. The van der Waals surface area contributed by atoms with Gasteiger partial charge in [-0.1, -0.05) is 0 Å². The van der Waals surface area contributed by atoms with E-state index < -0.39 is 0 Å². The summed E-state index contributed by atoms with van der Waals surface area (Å²) in [6.07, 6.45) is 1.63. The number of aromatic nitrogens is 4. The average molecular weight is 126 g/mol. The Balaban J connectivity index is 3.06. The van der Waals surface area contributed by atoms with Crippen molar-refractivity contribution in [1.82, 2.24) is 19.0 Å². The van der Waals surface area contributed by atoms with Gasteiger partial charge in [-0.05, 0) is 11.5 Å². The van der Waals surface area contributed by atoms with Crippen LogP contribution in [0.5, 0.6) is 0 Å². The first kappa shape index (κ1) is 3.96. The van der Waals surface area contributed by atoms with Gasteiger partial charge in [0, 0.05) is 0 Å². The summed E-state index contributed by atoms with van der Waals surface area (Å²) in [6.45, 7) is 0. The molecule has 2 aromatic heterocycles. The summed E-state index contributed by atoms with van der Waals surface area (Å²) in [4.78, 5) is 3.89. The van der Waals surface area contributed by atoms with E-state index in [1.165, 1.54) is 11.5 Å². The van der Waals surface area contributed by atoms with Crippen molar-refractivity contribution in [1.29, 1.82) is 0 Å². The van der Waals surface area contributed by atoms with Crippen molar-refractivity contribution >= 4 is 17.3 Å². The van der Waals surface area contributed by atoms with Gasteiger partial charge in [0.25, 0.3) is 5.78 Å². The molecule has 0 aromatic carbocycles. The first-order valence-corrected chi connectivity index (χ1v) is 2.90. The second-order valence-corrected chi connectivity index (χ2v) is 2.11. The van der Waals surface area contributed by atoms with Gasteiger partial charge in [-0.2, -0.15) is 0 Å². The Bertz CT molecular complexity index is 233. The molecular weight excluding hydrogens is 124 g/mol. The maximum atomic E-state index is 3.89. The summed E-state index contributed by atoms with van der Waals surface area (Å²) in [5.41, 5.74) is 1.73. The third-order valence-corrected chi connectivity index (χ3v) is 1.51. The van der Waals surface area contributed by atoms with E-state index in [9.17, 15) is 0 Å². The van der Waals surface area contributed by atoms with Crippen LogP contribution in [0.2, 0.25) is 0 Å². The zero-order valence-corrected chi connectivity index (χ0v) is 4.67. The van der Waals surface area contributed by atoms with Crippen LogP contribution in [-0.4, -0.2) is 19.0 Å². The fourth-order valence-electron chi connectivity index (χ4n) is 0.499. The highest BCUT2D eigenvalue weighted by Crippen LogP contribution is 1.97. The molecule has 0 aliphatic heterocycles. The van der Waals surface area contributed by atoms with E-state index in [-0.39, 0.29) is 0 Å². The van der Waals surface area contributed by atoms with Crippen molar-refractivity contribution in [3.8, 4) is 0 Å². The van der Waals surface area contributed by atoms with Gasteiger partial charge in [0.15, 0.2) is 0 Å². The molecule has 5 heteroatoms. The molecule has 0 radical (unpaired) electrons. The molecule has 0 unspecified atom stereocenters. The van der Waals surface area contributed by atoms with E-state index in [4.69, 9.17) is 0 Å². The van der Waals surface area contributed by atoms with Crippen molar-refractivity contribution in [2.24, 2.45) is 0 Å². The summed E-state index contributed by atoms with van der Waals surface area (Å²) in [5.74, 6) is 0.676. The maximum Gasteiger partial charge on any atom is 0.265 e. The summed E-state index contributed by atoms with van der Waals surface area (Å²) >= 11 is 1.47. The largest absolute Gasteiger partial charge is 0.265 e. The van der Waals surface area contributed by atoms with Gasteiger partial charge in [-0.3, -0.25) is 0 Å². The molecule has 0 fully saturated rings. The molecule has 2 rings (SSSR count). The highest BCUT2D eigenvalue weighted by atomic mass is 32.1. The van der Waals surface area contributed by atoms with Gasteiger partial charge < -0.3 is 0 Å². The van der Waals surface area contributed by atoms with Crippen LogP contribution >= 0.6 is 11.5 Å². The lowest BCUT2D eigenvalue weighted by atomic mass is 11.1. The van der Waals surface area contributed by atoms with Crippen molar-refractivity contribution in [2.75, 3.05) is 0 Å². The second kappa shape index (κ2) is 1.25. The Morgan fingerprint density at radius 1 is 1.62 bits per heavy atom. The number of hydrogen-bond donors (Lipinski definition) is 0. The number of fused-ring (bicyclic) bond motifs is 1. The van der Waals surface area contributed by atoms with E-state index in [1.54, 1.807) is 15.6 Å². The normalized spacial score (nSPS) is 10.5. The number of nitrogens with zero attached hydrogens (tertiary/aromatic N) is 4. The van der Waals surface area contributed by atoms with Crippen LogP contribution in [0.1, 0.15) is 0 Å². The van der Waals surface area contributed by atoms with Gasteiger partial charge >= 0.3 is 0 Å². The van der Waals surface area contributed by atoms with Gasteiger partial charge in [-0.15, -0.1) is 10.2 Å². The Morgan fingerprint density at radius 3 is 3.50 bits per heavy atom. The monoisotopic (exact) mass is 126 g/mol. The molecule has 0 bridgehead atoms. The highest BCUT2D eigenvalue weighted by Gasteiger charge is 1.92. The number of rotatable bonds is 0. The Kier molecular flexibility index (Phi) is 0.621. The molecule has 2 aromatic rings. The molecule has 0 N–H and O–H groups in total. The maximum absolute atomic E-state index is 3.89. The van der Waals surface area contributed by atoms with Gasteiger partial charge in [0.2, 0.25) is 0 Å². The summed E-state index contributed by atoms with van der Waals surface area (Å²) < 4.78 is 1.79. The molecule has 0 aliphatic carbocycles. The van der Waals surface area contributed by atoms with Gasteiger partial charge in [0.05, 0.1) is 0 Å². The van der Waals surface area contributed by atoms with E-state index in [1.807, 2.05) is 0 Å². The molecule has 4 nitrogen and oxygen atoms in total. The molecule has 0 amide bonds. The molecule has 0 aliphatic rings. The summed E-state index contributed by atoms with van der Waals surface area (Å²) in [6, 6.07) is 0. The molecule has 2 heterocycles. The summed E-state index contributed by atoms with van der Waals surface area (Å²) in [5, 5.41) is 7.31. The van der Waals surface area contributed by atoms with Crippen LogP contribution < -0.4 is 0 Å². The Morgan fingerprint density at radius 2 is 2.62 bits per heavy atom. The van der Waals surface area contributed by atoms with Crippen LogP contribution in [0.4, 0.5) is 0 Å². The molecule has 0 saturated carbocycles. The third-order valence-electron chi connectivity index (χ3n) is 0.830.